The van der Waals surface area contributed by atoms with Crippen molar-refractivity contribution in [3.63, 3.8) is 0 Å². The van der Waals surface area contributed by atoms with Gasteiger partial charge in [0.1, 0.15) is 11.5 Å². The second-order valence-electron chi connectivity index (χ2n) is 4.36. The molecule has 0 amide bonds. The fourth-order valence-corrected chi connectivity index (χ4v) is 2.51. The van der Waals surface area contributed by atoms with Crippen LogP contribution in [0, 0.1) is 0 Å². The van der Waals surface area contributed by atoms with E-state index in [1.54, 1.807) is 6.07 Å². The van der Waals surface area contributed by atoms with Gasteiger partial charge in [-0.25, -0.2) is 0 Å². The van der Waals surface area contributed by atoms with Crippen LogP contribution in [0.25, 0.3) is 0 Å². The van der Waals surface area contributed by atoms with E-state index in [1.807, 2.05) is 42.5 Å². The van der Waals surface area contributed by atoms with Gasteiger partial charge in [-0.15, -0.1) is 0 Å². The van der Waals surface area contributed by atoms with E-state index in [0.29, 0.717) is 24.5 Å². The zero-order valence-corrected chi connectivity index (χ0v) is 13.2. The molecule has 0 aliphatic carbocycles. The topological polar surface area (TPSA) is 26.3 Å². The summed E-state index contributed by atoms with van der Waals surface area (Å²) in [5, 5.41) is 0.608. The van der Waals surface area contributed by atoms with Crippen molar-refractivity contribution in [1.82, 2.24) is 0 Å². The summed E-state index contributed by atoms with van der Waals surface area (Å²) in [7, 11) is 0. The van der Waals surface area contributed by atoms with Crippen molar-refractivity contribution >= 4 is 33.3 Å². The van der Waals surface area contributed by atoms with Crippen LogP contribution in [-0.4, -0.2) is 12.4 Å². The number of halogens is 2. The summed E-state index contributed by atoms with van der Waals surface area (Å²) < 4.78 is 6.41. The van der Waals surface area contributed by atoms with Crippen molar-refractivity contribution in [3.05, 3.63) is 63.6 Å². The quantitative estimate of drug-likeness (QED) is 0.753. The largest absolute Gasteiger partial charge is 0.493 e. The minimum absolute atomic E-state index is 0.116. The van der Waals surface area contributed by atoms with Gasteiger partial charge in [0, 0.05) is 22.3 Å². The number of hydrogen-bond donors (Lipinski definition) is 0. The number of para-hydroxylation sites is 1. The third-order valence-corrected chi connectivity index (χ3v) is 3.64. The van der Waals surface area contributed by atoms with Crippen molar-refractivity contribution in [1.29, 1.82) is 0 Å². The molecule has 0 bridgehead atoms. The molecule has 104 valence electrons. The molecule has 20 heavy (non-hydrogen) atoms. The summed E-state index contributed by atoms with van der Waals surface area (Å²) in [4.78, 5) is 11.9. The smallest absolute Gasteiger partial charge is 0.140 e. The Kier molecular flexibility index (Phi) is 5.62. The van der Waals surface area contributed by atoms with Crippen LogP contribution in [0.2, 0.25) is 5.02 Å². The lowest BCUT2D eigenvalue weighted by Gasteiger charge is -2.06. The van der Waals surface area contributed by atoms with Gasteiger partial charge < -0.3 is 4.74 Å². The molecule has 0 saturated heterocycles. The second-order valence-corrected chi connectivity index (χ2v) is 5.69. The lowest BCUT2D eigenvalue weighted by Crippen LogP contribution is -2.09. The first-order valence-corrected chi connectivity index (χ1v) is 7.46. The van der Waals surface area contributed by atoms with Gasteiger partial charge in [-0.05, 0) is 29.8 Å². The Hall–Kier alpha value is -1.32. The average molecular weight is 354 g/mol. The molecule has 0 aliphatic heterocycles. The Morgan fingerprint density at radius 2 is 1.90 bits per heavy atom. The molecule has 0 spiro atoms. The maximum absolute atomic E-state index is 11.9. The van der Waals surface area contributed by atoms with E-state index in [9.17, 15) is 4.79 Å². The number of hydrogen-bond acceptors (Lipinski definition) is 2. The summed E-state index contributed by atoms with van der Waals surface area (Å²) >= 11 is 9.43. The summed E-state index contributed by atoms with van der Waals surface area (Å²) in [6, 6.07) is 15.0. The SMILES string of the molecule is O=C(CCOc1ccccc1)Cc1ccc(Br)cc1Cl. The Morgan fingerprint density at radius 3 is 2.60 bits per heavy atom. The monoisotopic (exact) mass is 352 g/mol. The molecule has 0 unspecified atom stereocenters. The van der Waals surface area contributed by atoms with Crippen molar-refractivity contribution in [2.24, 2.45) is 0 Å². The molecule has 2 nitrogen and oxygen atoms in total. The van der Waals surface area contributed by atoms with E-state index in [-0.39, 0.29) is 5.78 Å². The van der Waals surface area contributed by atoms with Gasteiger partial charge >= 0.3 is 0 Å². The standard InChI is InChI=1S/C16H14BrClO2/c17-13-7-6-12(16(18)11-13)10-14(19)8-9-20-15-4-2-1-3-5-15/h1-7,11H,8-10H2. The maximum Gasteiger partial charge on any atom is 0.140 e. The Balaban J connectivity index is 1.81. The van der Waals surface area contributed by atoms with Crippen molar-refractivity contribution in [2.75, 3.05) is 6.61 Å². The number of benzene rings is 2. The maximum atomic E-state index is 11.9. The van der Waals surface area contributed by atoms with E-state index in [1.165, 1.54) is 0 Å². The number of ketones is 1. The van der Waals surface area contributed by atoms with Crippen LogP contribution in [0.1, 0.15) is 12.0 Å². The summed E-state index contributed by atoms with van der Waals surface area (Å²) in [5.41, 5.74) is 0.847. The lowest BCUT2D eigenvalue weighted by molar-refractivity contribution is -0.118. The highest BCUT2D eigenvalue weighted by Gasteiger charge is 2.08. The van der Waals surface area contributed by atoms with Gasteiger partial charge in [-0.2, -0.15) is 0 Å². The van der Waals surface area contributed by atoms with Gasteiger partial charge in [0.05, 0.1) is 6.61 Å². The van der Waals surface area contributed by atoms with Crippen LogP contribution in [0.4, 0.5) is 0 Å². The zero-order chi connectivity index (χ0) is 14.4. The van der Waals surface area contributed by atoms with Crippen LogP contribution in [-0.2, 0) is 11.2 Å². The molecule has 4 heteroatoms. The number of ether oxygens (including phenoxy) is 1. The van der Waals surface area contributed by atoms with Gasteiger partial charge in [-0.3, -0.25) is 4.79 Å². The minimum Gasteiger partial charge on any atom is -0.493 e. The molecule has 0 N–H and O–H groups in total. The molecule has 0 heterocycles. The third-order valence-electron chi connectivity index (χ3n) is 2.80. The van der Waals surface area contributed by atoms with Crippen LogP contribution in [0.3, 0.4) is 0 Å². The van der Waals surface area contributed by atoms with Crippen LogP contribution >= 0.6 is 27.5 Å². The van der Waals surface area contributed by atoms with Crippen LogP contribution in [0.5, 0.6) is 5.75 Å². The third kappa shape index (κ3) is 4.66. The van der Waals surface area contributed by atoms with E-state index in [4.69, 9.17) is 16.3 Å². The first kappa shape index (κ1) is 15.1. The van der Waals surface area contributed by atoms with Crippen LogP contribution < -0.4 is 4.74 Å². The molecule has 2 rings (SSSR count). The van der Waals surface area contributed by atoms with E-state index >= 15 is 0 Å². The molecule has 0 atom stereocenters. The summed E-state index contributed by atoms with van der Waals surface area (Å²) in [6.07, 6.45) is 0.714. The first-order valence-electron chi connectivity index (χ1n) is 6.28. The second kappa shape index (κ2) is 7.46. The van der Waals surface area contributed by atoms with Crippen molar-refractivity contribution in [2.45, 2.75) is 12.8 Å². The minimum atomic E-state index is 0.116. The predicted molar refractivity (Wildman–Crippen MR) is 84.4 cm³/mol. The van der Waals surface area contributed by atoms with Gasteiger partial charge in [0.25, 0.3) is 0 Å². The molecule has 0 saturated carbocycles. The highest BCUT2D eigenvalue weighted by atomic mass is 79.9. The summed E-state index contributed by atoms with van der Waals surface area (Å²) in [6.45, 7) is 0.386. The number of rotatable bonds is 6. The van der Waals surface area contributed by atoms with Crippen LogP contribution in [0.15, 0.2) is 53.0 Å². The normalized spacial score (nSPS) is 10.3. The Labute approximate surface area is 131 Å². The van der Waals surface area contributed by atoms with Crippen molar-refractivity contribution in [3.8, 4) is 5.75 Å². The molecule has 0 fully saturated rings. The number of carbonyl (C=O) groups is 1. The fraction of sp³-hybridized carbons (Fsp3) is 0.188. The Morgan fingerprint density at radius 1 is 1.15 bits per heavy atom. The molecule has 2 aromatic carbocycles. The first-order chi connectivity index (χ1) is 9.65. The van der Waals surface area contributed by atoms with Gasteiger partial charge in [0.2, 0.25) is 0 Å². The van der Waals surface area contributed by atoms with Gasteiger partial charge in [-0.1, -0.05) is 51.8 Å². The van der Waals surface area contributed by atoms with Crippen molar-refractivity contribution < 1.29 is 9.53 Å². The molecular formula is C16H14BrClO2. The fourth-order valence-electron chi connectivity index (χ4n) is 1.77. The van der Waals surface area contributed by atoms with E-state index in [0.717, 1.165) is 15.8 Å². The zero-order valence-electron chi connectivity index (χ0n) is 10.8. The molecule has 2 aromatic rings. The molecule has 0 radical (unpaired) electrons. The summed E-state index contributed by atoms with van der Waals surface area (Å²) in [5.74, 6) is 0.895. The van der Waals surface area contributed by atoms with E-state index in [2.05, 4.69) is 15.9 Å². The van der Waals surface area contributed by atoms with E-state index < -0.39 is 0 Å². The molecule has 0 aromatic heterocycles. The highest BCUT2D eigenvalue weighted by Crippen LogP contribution is 2.22. The average Bonchev–Trinajstić information content (AvgIpc) is 2.43. The molecular weight excluding hydrogens is 340 g/mol. The number of Topliss-reactive ketones (excluding diaryl/α,β-unsaturated/α-hetero) is 1. The highest BCUT2D eigenvalue weighted by molar-refractivity contribution is 9.10. The Bertz CT molecular complexity index is 584. The number of carbonyl (C=O) groups excluding carboxylic acids is 1. The molecule has 0 aliphatic rings. The van der Waals surface area contributed by atoms with Gasteiger partial charge in [0.15, 0.2) is 0 Å². The predicted octanol–water partition coefficient (Wildman–Crippen LogP) is 4.68. The lowest BCUT2D eigenvalue weighted by atomic mass is 10.1.